The van der Waals surface area contributed by atoms with Gasteiger partial charge in [0.15, 0.2) is 0 Å². The SMILES string of the molecule is CN1CC=C(c2ccccc2CN)CC1. The van der Waals surface area contributed by atoms with Crippen LogP contribution in [0.25, 0.3) is 5.57 Å². The van der Waals surface area contributed by atoms with Crippen molar-refractivity contribution in [2.75, 3.05) is 20.1 Å². The Balaban J connectivity index is 2.29. The van der Waals surface area contributed by atoms with Crippen molar-refractivity contribution in [3.05, 3.63) is 41.5 Å². The molecule has 0 aliphatic carbocycles. The number of rotatable bonds is 2. The number of nitrogens with zero attached hydrogens (tertiary/aromatic N) is 1. The number of likely N-dealkylation sites (N-methyl/N-ethyl adjacent to an activating group) is 1. The minimum atomic E-state index is 0.628. The first kappa shape index (κ1) is 10.4. The maximum Gasteiger partial charge on any atom is 0.0184 e. The van der Waals surface area contributed by atoms with Crippen LogP contribution in [-0.4, -0.2) is 25.0 Å². The van der Waals surface area contributed by atoms with E-state index in [2.05, 4.69) is 42.3 Å². The Morgan fingerprint density at radius 1 is 1.33 bits per heavy atom. The zero-order chi connectivity index (χ0) is 10.7. The van der Waals surface area contributed by atoms with Crippen molar-refractivity contribution in [1.82, 2.24) is 4.90 Å². The van der Waals surface area contributed by atoms with Crippen molar-refractivity contribution in [2.45, 2.75) is 13.0 Å². The van der Waals surface area contributed by atoms with E-state index in [1.165, 1.54) is 16.7 Å². The van der Waals surface area contributed by atoms with Crippen LogP contribution >= 0.6 is 0 Å². The topological polar surface area (TPSA) is 29.3 Å². The summed E-state index contributed by atoms with van der Waals surface area (Å²) in [6, 6.07) is 8.45. The van der Waals surface area contributed by atoms with Gasteiger partial charge < -0.3 is 10.6 Å². The van der Waals surface area contributed by atoms with Crippen LogP contribution in [0.5, 0.6) is 0 Å². The molecule has 0 saturated carbocycles. The molecule has 0 bridgehead atoms. The zero-order valence-electron chi connectivity index (χ0n) is 9.24. The minimum absolute atomic E-state index is 0.628. The lowest BCUT2D eigenvalue weighted by Gasteiger charge is -2.23. The largest absolute Gasteiger partial charge is 0.326 e. The van der Waals surface area contributed by atoms with Gasteiger partial charge in [0.1, 0.15) is 0 Å². The summed E-state index contributed by atoms with van der Waals surface area (Å²) in [6.45, 7) is 2.82. The first-order valence-electron chi connectivity index (χ1n) is 5.47. The van der Waals surface area contributed by atoms with Gasteiger partial charge in [0.05, 0.1) is 0 Å². The van der Waals surface area contributed by atoms with E-state index in [4.69, 9.17) is 5.73 Å². The van der Waals surface area contributed by atoms with Crippen molar-refractivity contribution in [1.29, 1.82) is 0 Å². The van der Waals surface area contributed by atoms with Gasteiger partial charge in [-0.2, -0.15) is 0 Å². The lowest BCUT2D eigenvalue weighted by atomic mass is 9.95. The molecule has 1 aliphatic heterocycles. The molecule has 0 spiro atoms. The molecule has 2 N–H and O–H groups in total. The lowest BCUT2D eigenvalue weighted by molar-refractivity contribution is 0.370. The van der Waals surface area contributed by atoms with Crippen LogP contribution in [0.4, 0.5) is 0 Å². The van der Waals surface area contributed by atoms with Gasteiger partial charge in [-0.3, -0.25) is 0 Å². The molecule has 0 saturated heterocycles. The number of hydrogen-bond donors (Lipinski definition) is 1. The monoisotopic (exact) mass is 202 g/mol. The second kappa shape index (κ2) is 4.60. The van der Waals surface area contributed by atoms with Crippen molar-refractivity contribution in [3.8, 4) is 0 Å². The Morgan fingerprint density at radius 3 is 2.80 bits per heavy atom. The van der Waals surface area contributed by atoms with Gasteiger partial charge in [0, 0.05) is 19.6 Å². The molecule has 2 heteroatoms. The summed E-state index contributed by atoms with van der Waals surface area (Å²) < 4.78 is 0. The molecule has 1 aliphatic rings. The van der Waals surface area contributed by atoms with E-state index in [1.54, 1.807) is 0 Å². The second-order valence-corrected chi connectivity index (χ2v) is 4.10. The molecule has 2 nitrogen and oxygen atoms in total. The fourth-order valence-corrected chi connectivity index (χ4v) is 2.03. The van der Waals surface area contributed by atoms with Crippen LogP contribution in [0.1, 0.15) is 17.5 Å². The number of hydrogen-bond acceptors (Lipinski definition) is 2. The third-order valence-electron chi connectivity index (χ3n) is 3.00. The fraction of sp³-hybridized carbons (Fsp3) is 0.385. The Labute approximate surface area is 91.4 Å². The maximum atomic E-state index is 5.75. The van der Waals surface area contributed by atoms with Crippen LogP contribution < -0.4 is 5.73 Å². The molecule has 2 rings (SSSR count). The normalized spacial score (nSPS) is 17.6. The summed E-state index contributed by atoms with van der Waals surface area (Å²) in [5.74, 6) is 0. The molecule has 0 aromatic heterocycles. The molecular weight excluding hydrogens is 184 g/mol. The molecule has 0 fully saturated rings. The highest BCUT2D eigenvalue weighted by atomic mass is 15.1. The molecule has 1 aromatic rings. The van der Waals surface area contributed by atoms with Crippen molar-refractivity contribution >= 4 is 5.57 Å². The summed E-state index contributed by atoms with van der Waals surface area (Å²) in [5.41, 5.74) is 9.80. The molecule has 0 unspecified atom stereocenters. The minimum Gasteiger partial charge on any atom is -0.326 e. The first-order chi connectivity index (χ1) is 7.31. The van der Waals surface area contributed by atoms with Crippen LogP contribution in [0.15, 0.2) is 30.3 Å². The van der Waals surface area contributed by atoms with Gasteiger partial charge in [0.25, 0.3) is 0 Å². The summed E-state index contributed by atoms with van der Waals surface area (Å²) in [5, 5.41) is 0. The highest BCUT2D eigenvalue weighted by molar-refractivity contribution is 5.69. The van der Waals surface area contributed by atoms with Crippen LogP contribution in [0.3, 0.4) is 0 Å². The Bertz CT molecular complexity index is 369. The van der Waals surface area contributed by atoms with Crippen LogP contribution in [-0.2, 0) is 6.54 Å². The Hall–Kier alpha value is -1.12. The maximum absolute atomic E-state index is 5.75. The molecular formula is C13H18N2. The molecule has 0 atom stereocenters. The van der Waals surface area contributed by atoms with Gasteiger partial charge >= 0.3 is 0 Å². The number of nitrogens with two attached hydrogens (primary N) is 1. The van der Waals surface area contributed by atoms with E-state index < -0.39 is 0 Å². The predicted molar refractivity (Wildman–Crippen MR) is 64.4 cm³/mol. The lowest BCUT2D eigenvalue weighted by Crippen LogP contribution is -2.24. The predicted octanol–water partition coefficient (Wildman–Crippen LogP) is 1.86. The molecule has 0 amide bonds. The van der Waals surface area contributed by atoms with E-state index in [0.29, 0.717) is 6.54 Å². The summed E-state index contributed by atoms with van der Waals surface area (Å²) in [4.78, 5) is 2.33. The highest BCUT2D eigenvalue weighted by Crippen LogP contribution is 2.24. The molecule has 15 heavy (non-hydrogen) atoms. The molecule has 0 radical (unpaired) electrons. The third-order valence-corrected chi connectivity index (χ3v) is 3.00. The zero-order valence-corrected chi connectivity index (χ0v) is 9.24. The van der Waals surface area contributed by atoms with Gasteiger partial charge in [-0.1, -0.05) is 30.3 Å². The third kappa shape index (κ3) is 2.28. The Kier molecular flexibility index (Phi) is 3.19. The average molecular weight is 202 g/mol. The van der Waals surface area contributed by atoms with Crippen molar-refractivity contribution < 1.29 is 0 Å². The smallest absolute Gasteiger partial charge is 0.0184 e. The fourth-order valence-electron chi connectivity index (χ4n) is 2.03. The van der Waals surface area contributed by atoms with E-state index in [-0.39, 0.29) is 0 Å². The van der Waals surface area contributed by atoms with Crippen molar-refractivity contribution in [3.63, 3.8) is 0 Å². The quantitative estimate of drug-likeness (QED) is 0.793. The van der Waals surface area contributed by atoms with Crippen molar-refractivity contribution in [2.24, 2.45) is 5.73 Å². The molecule has 1 heterocycles. The Morgan fingerprint density at radius 2 is 2.13 bits per heavy atom. The van der Waals surface area contributed by atoms with Gasteiger partial charge in [-0.25, -0.2) is 0 Å². The number of benzene rings is 1. The molecule has 80 valence electrons. The van der Waals surface area contributed by atoms with E-state index in [0.717, 1.165) is 19.5 Å². The van der Waals surface area contributed by atoms with Crippen LogP contribution in [0, 0.1) is 0 Å². The molecule has 1 aromatic carbocycles. The van der Waals surface area contributed by atoms with E-state index in [9.17, 15) is 0 Å². The van der Waals surface area contributed by atoms with Gasteiger partial charge in [-0.15, -0.1) is 0 Å². The summed E-state index contributed by atoms with van der Waals surface area (Å²) in [7, 11) is 2.15. The summed E-state index contributed by atoms with van der Waals surface area (Å²) >= 11 is 0. The van der Waals surface area contributed by atoms with Gasteiger partial charge in [-0.05, 0) is 30.2 Å². The van der Waals surface area contributed by atoms with E-state index >= 15 is 0 Å². The van der Waals surface area contributed by atoms with Gasteiger partial charge in [0.2, 0.25) is 0 Å². The van der Waals surface area contributed by atoms with Crippen LogP contribution in [0.2, 0.25) is 0 Å². The van der Waals surface area contributed by atoms with E-state index in [1.807, 2.05) is 0 Å². The highest BCUT2D eigenvalue weighted by Gasteiger charge is 2.11. The average Bonchev–Trinajstić information content (AvgIpc) is 2.30. The first-order valence-corrected chi connectivity index (χ1v) is 5.47. The second-order valence-electron chi connectivity index (χ2n) is 4.10. The standard InChI is InChI=1S/C13H18N2/c1-15-8-6-11(7-9-15)13-5-3-2-4-12(13)10-14/h2-6H,7-10,14H2,1H3. The summed E-state index contributed by atoms with van der Waals surface area (Å²) in [6.07, 6.45) is 3.45.